The number of anilines is 1. The summed E-state index contributed by atoms with van der Waals surface area (Å²) in [5, 5.41) is 3.06. The Kier molecular flexibility index (Phi) is 7.51. The Morgan fingerprint density at radius 1 is 1.39 bits per heavy atom. The number of benzene rings is 1. The molecule has 0 unspecified atom stereocenters. The lowest BCUT2D eigenvalue weighted by atomic mass is 10.0. The smallest absolute Gasteiger partial charge is 0.213 e. The molecule has 1 aromatic rings. The number of rotatable bonds is 8. The molecule has 3 N–H and O–H groups in total. The van der Waals surface area contributed by atoms with Crippen molar-refractivity contribution < 1.29 is 8.42 Å². The van der Waals surface area contributed by atoms with Crippen LogP contribution in [0.4, 0.5) is 5.69 Å². The van der Waals surface area contributed by atoms with Crippen LogP contribution in [0.3, 0.4) is 0 Å². The minimum absolute atomic E-state index is 0.114. The molecule has 0 fully saturated rings. The molecule has 0 spiro atoms. The van der Waals surface area contributed by atoms with Gasteiger partial charge in [0, 0.05) is 25.8 Å². The number of hydrogen-bond acceptors (Lipinski definition) is 3. The van der Waals surface area contributed by atoms with Gasteiger partial charge in [0.05, 0.1) is 5.75 Å². The molecule has 1 rings (SSSR count). The summed E-state index contributed by atoms with van der Waals surface area (Å²) in [4.78, 5) is 4.24. The first-order valence-electron chi connectivity index (χ1n) is 7.87. The number of nitrogens with zero attached hydrogens (tertiary/aromatic N) is 2. The molecule has 0 aliphatic heterocycles. The normalized spacial score (nSPS) is 12.9. The topological polar surface area (TPSA) is 87.8 Å². The van der Waals surface area contributed by atoms with Crippen LogP contribution >= 0.6 is 0 Å². The van der Waals surface area contributed by atoms with Crippen molar-refractivity contribution in [2.45, 2.75) is 33.1 Å². The van der Waals surface area contributed by atoms with Gasteiger partial charge in [-0.2, -0.15) is 0 Å². The number of sulfonamides is 1. The molecule has 0 heterocycles. The molecule has 0 aromatic heterocycles. The minimum atomic E-state index is -3.12. The molecular weight excluding hydrogens is 312 g/mol. The van der Waals surface area contributed by atoms with Gasteiger partial charge in [-0.3, -0.25) is 4.99 Å². The molecule has 0 saturated heterocycles. The zero-order valence-corrected chi connectivity index (χ0v) is 15.2. The quantitative estimate of drug-likeness (QED) is 0.431. The molecule has 7 heteroatoms. The number of aliphatic imine (C=N–C) groups is 1. The van der Waals surface area contributed by atoms with Gasteiger partial charge in [0.25, 0.3) is 0 Å². The molecule has 1 aromatic carbocycles. The summed E-state index contributed by atoms with van der Waals surface area (Å²) in [5.74, 6) is 0.903. The van der Waals surface area contributed by atoms with Crippen molar-refractivity contribution in [1.29, 1.82) is 0 Å². The van der Waals surface area contributed by atoms with E-state index in [1.54, 1.807) is 14.0 Å². The summed E-state index contributed by atoms with van der Waals surface area (Å²) in [6, 6.07) is 8.05. The van der Waals surface area contributed by atoms with E-state index >= 15 is 0 Å². The highest BCUT2D eigenvalue weighted by Gasteiger charge is 2.13. The highest BCUT2D eigenvalue weighted by atomic mass is 32.2. The maximum Gasteiger partial charge on any atom is 0.213 e. The van der Waals surface area contributed by atoms with Gasteiger partial charge in [-0.1, -0.05) is 26.0 Å². The van der Waals surface area contributed by atoms with E-state index in [1.807, 2.05) is 12.1 Å². The van der Waals surface area contributed by atoms with E-state index < -0.39 is 10.0 Å². The Morgan fingerprint density at radius 3 is 2.70 bits per heavy atom. The van der Waals surface area contributed by atoms with E-state index in [0.717, 1.165) is 5.69 Å². The fraction of sp³-hybridized carbons (Fsp3) is 0.562. The van der Waals surface area contributed by atoms with Crippen LogP contribution in [0.2, 0.25) is 0 Å². The van der Waals surface area contributed by atoms with Crippen LogP contribution in [0.5, 0.6) is 0 Å². The maximum atomic E-state index is 11.6. The van der Waals surface area contributed by atoms with E-state index in [9.17, 15) is 8.42 Å². The third-order valence-electron chi connectivity index (χ3n) is 3.58. The number of nitrogens with one attached hydrogen (secondary N) is 1. The second-order valence-corrected chi connectivity index (χ2v) is 8.11. The Labute approximate surface area is 139 Å². The van der Waals surface area contributed by atoms with Crippen LogP contribution in [0.15, 0.2) is 29.3 Å². The Hall–Kier alpha value is -1.60. The van der Waals surface area contributed by atoms with Gasteiger partial charge < -0.3 is 11.1 Å². The summed E-state index contributed by atoms with van der Waals surface area (Å²) in [7, 11) is -1.54. The van der Waals surface area contributed by atoms with Gasteiger partial charge in [0.1, 0.15) is 0 Å². The summed E-state index contributed by atoms with van der Waals surface area (Å²) in [6.07, 6.45) is 0.629. The summed E-state index contributed by atoms with van der Waals surface area (Å²) < 4.78 is 24.6. The lowest BCUT2D eigenvalue weighted by molar-refractivity contribution is 0.465. The molecule has 0 aliphatic rings. The Bertz CT molecular complexity index is 627. The highest BCUT2D eigenvalue weighted by molar-refractivity contribution is 7.89. The van der Waals surface area contributed by atoms with Crippen molar-refractivity contribution in [2.24, 2.45) is 10.7 Å². The summed E-state index contributed by atoms with van der Waals surface area (Å²) in [5.41, 5.74) is 8.00. The average Bonchev–Trinajstić information content (AvgIpc) is 2.51. The monoisotopic (exact) mass is 340 g/mol. The largest absolute Gasteiger partial charge is 0.370 e. The van der Waals surface area contributed by atoms with Crippen LogP contribution in [0, 0.1) is 0 Å². The highest BCUT2D eigenvalue weighted by Crippen LogP contribution is 2.18. The van der Waals surface area contributed by atoms with Crippen molar-refractivity contribution in [3.05, 3.63) is 29.8 Å². The molecule has 0 aliphatic carbocycles. The van der Waals surface area contributed by atoms with Gasteiger partial charge in [0.2, 0.25) is 10.0 Å². The van der Waals surface area contributed by atoms with E-state index in [0.29, 0.717) is 31.4 Å². The molecule has 23 heavy (non-hydrogen) atoms. The molecule has 0 amide bonds. The first-order valence-corrected chi connectivity index (χ1v) is 9.48. The number of hydrogen-bond donors (Lipinski definition) is 2. The zero-order chi connectivity index (χ0) is 17.5. The van der Waals surface area contributed by atoms with E-state index in [-0.39, 0.29) is 5.75 Å². The van der Waals surface area contributed by atoms with Crippen molar-refractivity contribution in [3.8, 4) is 0 Å². The number of guanidine groups is 1. The molecule has 6 nitrogen and oxygen atoms in total. The average molecular weight is 340 g/mol. The maximum absolute atomic E-state index is 11.6. The first kappa shape index (κ1) is 19.4. The van der Waals surface area contributed by atoms with E-state index in [1.165, 1.54) is 9.87 Å². The zero-order valence-electron chi connectivity index (χ0n) is 14.4. The van der Waals surface area contributed by atoms with Crippen LogP contribution in [-0.4, -0.2) is 44.6 Å². The molecule has 0 atom stereocenters. The fourth-order valence-electron chi connectivity index (χ4n) is 2.02. The SMILES string of the molecule is CCS(=O)(=O)N(C)CCCN=C(N)Nc1cccc(C(C)C)c1. The predicted molar refractivity (Wildman–Crippen MR) is 97.4 cm³/mol. The summed E-state index contributed by atoms with van der Waals surface area (Å²) in [6.45, 7) is 6.83. The van der Waals surface area contributed by atoms with E-state index in [4.69, 9.17) is 5.73 Å². The third kappa shape index (κ3) is 6.58. The lowest BCUT2D eigenvalue weighted by Crippen LogP contribution is -2.30. The van der Waals surface area contributed by atoms with Gasteiger partial charge in [0.15, 0.2) is 5.96 Å². The lowest BCUT2D eigenvalue weighted by Gasteiger charge is -2.15. The number of nitrogens with two attached hydrogens (primary N) is 1. The van der Waals surface area contributed by atoms with E-state index in [2.05, 4.69) is 36.3 Å². The third-order valence-corrected chi connectivity index (χ3v) is 5.44. The second kappa shape index (κ2) is 8.88. The van der Waals surface area contributed by atoms with Crippen LogP contribution in [-0.2, 0) is 10.0 Å². The molecule has 0 radical (unpaired) electrons. The molecular formula is C16H28N4O2S. The molecule has 130 valence electrons. The Morgan fingerprint density at radius 2 is 2.09 bits per heavy atom. The van der Waals surface area contributed by atoms with Crippen LogP contribution < -0.4 is 11.1 Å². The first-order chi connectivity index (χ1) is 10.8. The van der Waals surface area contributed by atoms with Crippen LogP contribution in [0.1, 0.15) is 38.7 Å². The van der Waals surface area contributed by atoms with Crippen molar-refractivity contribution in [2.75, 3.05) is 31.2 Å². The van der Waals surface area contributed by atoms with Crippen molar-refractivity contribution >= 4 is 21.7 Å². The van der Waals surface area contributed by atoms with Gasteiger partial charge in [-0.05, 0) is 37.0 Å². The van der Waals surface area contributed by atoms with Crippen molar-refractivity contribution in [1.82, 2.24) is 4.31 Å². The van der Waals surface area contributed by atoms with Gasteiger partial charge in [-0.25, -0.2) is 12.7 Å². The molecule has 0 saturated carbocycles. The standard InChI is InChI=1S/C16H28N4O2S/c1-5-23(21,22)20(4)11-7-10-18-16(17)19-15-9-6-8-14(12-15)13(2)3/h6,8-9,12-13H,5,7,10-11H2,1-4H3,(H3,17,18,19). The predicted octanol–water partition coefficient (Wildman–Crippen LogP) is 2.21. The molecule has 0 bridgehead atoms. The van der Waals surface area contributed by atoms with Gasteiger partial charge in [-0.15, -0.1) is 0 Å². The Balaban J connectivity index is 2.48. The summed E-state index contributed by atoms with van der Waals surface area (Å²) >= 11 is 0. The van der Waals surface area contributed by atoms with Crippen molar-refractivity contribution in [3.63, 3.8) is 0 Å². The second-order valence-electron chi connectivity index (χ2n) is 5.75. The fourth-order valence-corrected chi connectivity index (χ4v) is 2.86. The van der Waals surface area contributed by atoms with Crippen LogP contribution in [0.25, 0.3) is 0 Å². The minimum Gasteiger partial charge on any atom is -0.370 e. The van der Waals surface area contributed by atoms with Gasteiger partial charge >= 0.3 is 0 Å².